The fraction of sp³-hybridized carbons (Fsp3) is 0.455. The van der Waals surface area contributed by atoms with Gasteiger partial charge in [0.25, 0.3) is 6.43 Å². The Morgan fingerprint density at radius 2 is 1.81 bits per heavy atom. The molecule has 1 atom stereocenters. The molecule has 1 unspecified atom stereocenters. The Balaban J connectivity index is 2.29. The number of hydrogen-bond acceptors (Lipinski definition) is 1. The van der Waals surface area contributed by atoms with Gasteiger partial charge in [0.15, 0.2) is 0 Å². The monoisotopic (exact) mass is 356 g/mol. The first-order chi connectivity index (χ1) is 7.59. The van der Waals surface area contributed by atoms with Crippen LogP contribution in [0.2, 0.25) is 0 Å². The molecule has 0 amide bonds. The summed E-state index contributed by atoms with van der Waals surface area (Å²) < 4.78 is 29.4. The van der Waals surface area contributed by atoms with Crippen LogP contribution in [0, 0.1) is 0 Å². The molecule has 0 bridgehead atoms. The summed E-state index contributed by atoms with van der Waals surface area (Å²) in [5.74, 6) is 0. The Labute approximate surface area is 110 Å². The summed E-state index contributed by atoms with van der Waals surface area (Å²) in [7, 11) is 0. The lowest BCUT2D eigenvalue weighted by molar-refractivity contribution is 0.0167. The van der Waals surface area contributed by atoms with Crippen LogP contribution in [0.25, 0.3) is 0 Å². The molecule has 0 heterocycles. The van der Waals surface area contributed by atoms with Crippen molar-refractivity contribution >= 4 is 31.9 Å². The summed E-state index contributed by atoms with van der Waals surface area (Å²) in [6.45, 7) is -0.156. The van der Waals surface area contributed by atoms with Gasteiger partial charge in [-0.2, -0.15) is 0 Å². The molecule has 0 aliphatic carbocycles. The highest BCUT2D eigenvalue weighted by atomic mass is 79.9. The van der Waals surface area contributed by atoms with Crippen LogP contribution in [0.1, 0.15) is 16.8 Å². The Bertz CT molecular complexity index is 303. The van der Waals surface area contributed by atoms with Crippen molar-refractivity contribution in [2.45, 2.75) is 17.7 Å². The van der Waals surface area contributed by atoms with Gasteiger partial charge in [0.1, 0.15) is 6.61 Å². The maximum Gasteiger partial charge on any atom is 0.261 e. The van der Waals surface area contributed by atoms with E-state index in [0.29, 0.717) is 13.0 Å². The molecule has 1 aromatic rings. The second-order valence-corrected chi connectivity index (χ2v) is 5.29. The summed E-state index contributed by atoms with van der Waals surface area (Å²) in [5.41, 5.74) is 1.11. The molecule has 0 saturated heterocycles. The minimum atomic E-state index is -2.39. The molecule has 16 heavy (non-hydrogen) atoms. The molecular weight excluding hydrogens is 346 g/mol. The van der Waals surface area contributed by atoms with E-state index in [2.05, 4.69) is 31.9 Å². The Kier molecular flexibility index (Phi) is 6.46. The number of hydrogen-bond donors (Lipinski definition) is 0. The van der Waals surface area contributed by atoms with Crippen LogP contribution in [0.5, 0.6) is 0 Å². The van der Waals surface area contributed by atoms with Crippen molar-refractivity contribution in [3.63, 3.8) is 0 Å². The quantitative estimate of drug-likeness (QED) is 0.535. The third-order valence-corrected chi connectivity index (χ3v) is 3.51. The third kappa shape index (κ3) is 5.37. The standard InChI is InChI=1S/C11H12Br2F2O/c12-9-3-1-8(2-4-9)10(13)5-6-16-7-11(14)15/h1-4,10-11H,5-7H2. The summed E-state index contributed by atoms with van der Waals surface area (Å²) in [6, 6.07) is 7.86. The maximum absolute atomic E-state index is 11.8. The first-order valence-corrected chi connectivity index (χ1v) is 6.56. The number of ether oxygens (including phenoxy) is 1. The van der Waals surface area contributed by atoms with Crippen molar-refractivity contribution in [3.8, 4) is 0 Å². The van der Waals surface area contributed by atoms with Crippen LogP contribution in [-0.2, 0) is 4.74 Å². The van der Waals surface area contributed by atoms with Gasteiger partial charge < -0.3 is 4.74 Å². The predicted octanol–water partition coefficient (Wildman–Crippen LogP) is 4.56. The van der Waals surface area contributed by atoms with E-state index >= 15 is 0 Å². The van der Waals surface area contributed by atoms with Crippen LogP contribution in [-0.4, -0.2) is 19.6 Å². The molecule has 0 saturated carbocycles. The third-order valence-electron chi connectivity index (χ3n) is 1.99. The van der Waals surface area contributed by atoms with Gasteiger partial charge in [-0.15, -0.1) is 0 Å². The first kappa shape index (κ1) is 14.1. The van der Waals surface area contributed by atoms with E-state index < -0.39 is 13.0 Å². The molecule has 0 fully saturated rings. The van der Waals surface area contributed by atoms with E-state index in [1.807, 2.05) is 24.3 Å². The number of alkyl halides is 3. The number of rotatable bonds is 6. The first-order valence-electron chi connectivity index (χ1n) is 4.85. The minimum Gasteiger partial charge on any atom is -0.375 e. The topological polar surface area (TPSA) is 9.23 Å². The number of benzene rings is 1. The van der Waals surface area contributed by atoms with Crippen molar-refractivity contribution in [1.82, 2.24) is 0 Å². The maximum atomic E-state index is 11.8. The minimum absolute atomic E-state index is 0.137. The molecule has 0 radical (unpaired) electrons. The van der Waals surface area contributed by atoms with E-state index in [0.717, 1.165) is 10.0 Å². The lowest BCUT2D eigenvalue weighted by Crippen LogP contribution is -2.06. The molecule has 1 nitrogen and oxygen atoms in total. The summed E-state index contributed by atoms with van der Waals surface area (Å²) in [5, 5.41) is 0. The second-order valence-electron chi connectivity index (χ2n) is 3.27. The van der Waals surface area contributed by atoms with E-state index in [1.54, 1.807) is 0 Å². The molecule has 1 rings (SSSR count). The fourth-order valence-electron chi connectivity index (χ4n) is 1.20. The fourth-order valence-corrected chi connectivity index (χ4v) is 1.95. The van der Waals surface area contributed by atoms with Crippen LogP contribution >= 0.6 is 31.9 Å². The average molecular weight is 358 g/mol. The highest BCUT2D eigenvalue weighted by Gasteiger charge is 2.08. The second kappa shape index (κ2) is 7.35. The zero-order chi connectivity index (χ0) is 12.0. The molecule has 0 aliphatic rings. The van der Waals surface area contributed by atoms with Crippen molar-refractivity contribution in [2.24, 2.45) is 0 Å². The van der Waals surface area contributed by atoms with Crippen LogP contribution in [0.4, 0.5) is 8.78 Å². The molecule has 0 aliphatic heterocycles. The van der Waals surface area contributed by atoms with Gasteiger partial charge in [0.2, 0.25) is 0 Å². The average Bonchev–Trinajstić information content (AvgIpc) is 2.25. The van der Waals surface area contributed by atoms with Crippen molar-refractivity contribution in [1.29, 1.82) is 0 Å². The number of halogens is 4. The molecule has 0 spiro atoms. The van der Waals surface area contributed by atoms with E-state index in [-0.39, 0.29) is 4.83 Å². The van der Waals surface area contributed by atoms with E-state index in [1.165, 1.54) is 0 Å². The van der Waals surface area contributed by atoms with Crippen LogP contribution in [0.15, 0.2) is 28.7 Å². The van der Waals surface area contributed by atoms with Crippen molar-refractivity contribution in [2.75, 3.05) is 13.2 Å². The Hall–Kier alpha value is -0.000000000000000111. The lowest BCUT2D eigenvalue weighted by atomic mass is 10.1. The highest BCUT2D eigenvalue weighted by molar-refractivity contribution is 9.10. The molecule has 1 aromatic carbocycles. The SMILES string of the molecule is FC(F)COCCC(Br)c1ccc(Br)cc1. The van der Waals surface area contributed by atoms with Gasteiger partial charge in [0, 0.05) is 15.9 Å². The van der Waals surface area contributed by atoms with Gasteiger partial charge in [-0.25, -0.2) is 8.78 Å². The van der Waals surface area contributed by atoms with Crippen LogP contribution < -0.4 is 0 Å². The van der Waals surface area contributed by atoms with E-state index in [9.17, 15) is 8.78 Å². The largest absolute Gasteiger partial charge is 0.375 e. The molecular formula is C11H12Br2F2O. The van der Waals surface area contributed by atoms with Crippen LogP contribution in [0.3, 0.4) is 0 Å². The van der Waals surface area contributed by atoms with Gasteiger partial charge in [-0.3, -0.25) is 0 Å². The van der Waals surface area contributed by atoms with Gasteiger partial charge in [-0.1, -0.05) is 44.0 Å². The summed E-state index contributed by atoms with van der Waals surface area (Å²) >= 11 is 6.85. The molecule has 0 aromatic heterocycles. The smallest absolute Gasteiger partial charge is 0.261 e. The van der Waals surface area contributed by atoms with Gasteiger partial charge >= 0.3 is 0 Å². The zero-order valence-corrected chi connectivity index (χ0v) is 11.7. The summed E-state index contributed by atoms with van der Waals surface area (Å²) in [6.07, 6.45) is -1.71. The Morgan fingerprint density at radius 1 is 1.19 bits per heavy atom. The van der Waals surface area contributed by atoms with Crippen molar-refractivity contribution in [3.05, 3.63) is 34.3 Å². The van der Waals surface area contributed by atoms with Gasteiger partial charge in [0.05, 0.1) is 0 Å². The van der Waals surface area contributed by atoms with Crippen molar-refractivity contribution < 1.29 is 13.5 Å². The predicted molar refractivity (Wildman–Crippen MR) is 67.3 cm³/mol. The molecule has 0 N–H and O–H groups in total. The normalized spacial score (nSPS) is 13.1. The Morgan fingerprint density at radius 3 is 2.38 bits per heavy atom. The lowest BCUT2D eigenvalue weighted by Gasteiger charge is -2.10. The van der Waals surface area contributed by atoms with E-state index in [4.69, 9.17) is 4.74 Å². The zero-order valence-electron chi connectivity index (χ0n) is 8.51. The molecule has 5 heteroatoms. The highest BCUT2D eigenvalue weighted by Crippen LogP contribution is 2.27. The summed E-state index contributed by atoms with van der Waals surface area (Å²) in [4.78, 5) is 0.137. The molecule has 90 valence electrons. The van der Waals surface area contributed by atoms with Gasteiger partial charge in [-0.05, 0) is 24.1 Å².